The van der Waals surface area contributed by atoms with Gasteiger partial charge in [0.1, 0.15) is 12.0 Å². The molecule has 2 rings (SSSR count). The van der Waals surface area contributed by atoms with Crippen LogP contribution in [0, 0.1) is 6.57 Å². The van der Waals surface area contributed by atoms with Gasteiger partial charge in [0.2, 0.25) is 0 Å². The van der Waals surface area contributed by atoms with Gasteiger partial charge in [0.25, 0.3) is 0 Å². The summed E-state index contributed by atoms with van der Waals surface area (Å²) < 4.78 is 10.4. The fourth-order valence-electron chi connectivity index (χ4n) is 1.84. The molecule has 0 spiro atoms. The molecule has 20 heavy (non-hydrogen) atoms. The molecule has 2 aromatic rings. The first-order valence-electron chi connectivity index (χ1n) is 5.97. The molecule has 0 aliphatic rings. The molecule has 100 valence electrons. The van der Waals surface area contributed by atoms with Crippen molar-refractivity contribution in [2.75, 3.05) is 13.9 Å². The summed E-state index contributed by atoms with van der Waals surface area (Å²) in [7, 11) is 1.53. The second-order valence-corrected chi connectivity index (χ2v) is 4.09. The number of rotatable bonds is 5. The van der Waals surface area contributed by atoms with Crippen molar-refractivity contribution >= 4 is 12.0 Å². The molecule has 0 bridgehead atoms. The highest BCUT2D eigenvalue weighted by Crippen LogP contribution is 2.33. The number of carbonyl (C=O) groups excluding carboxylic acids is 1. The smallest absolute Gasteiger partial charge is 0.190 e. The molecule has 0 unspecified atom stereocenters. The SMILES string of the molecule is [C-]#[N+]c1ccc(-c2cccc(C=O)c2)c(OCOC)c1. The largest absolute Gasteiger partial charge is 0.468 e. The lowest BCUT2D eigenvalue weighted by atomic mass is 10.0. The van der Waals surface area contributed by atoms with Gasteiger partial charge in [-0.25, -0.2) is 4.85 Å². The van der Waals surface area contributed by atoms with Crippen molar-refractivity contribution in [1.29, 1.82) is 0 Å². The van der Waals surface area contributed by atoms with Crippen LogP contribution in [0.3, 0.4) is 0 Å². The maximum Gasteiger partial charge on any atom is 0.190 e. The highest BCUT2D eigenvalue weighted by Gasteiger charge is 2.08. The average molecular weight is 267 g/mol. The first-order valence-corrected chi connectivity index (χ1v) is 5.97. The average Bonchev–Trinajstić information content (AvgIpc) is 2.52. The van der Waals surface area contributed by atoms with Gasteiger partial charge in [-0.3, -0.25) is 4.79 Å². The Morgan fingerprint density at radius 1 is 1.25 bits per heavy atom. The molecule has 4 nitrogen and oxygen atoms in total. The molecule has 0 fully saturated rings. The molecular weight excluding hydrogens is 254 g/mol. The quantitative estimate of drug-likeness (QED) is 0.471. The van der Waals surface area contributed by atoms with Crippen LogP contribution in [-0.4, -0.2) is 20.2 Å². The molecule has 0 aliphatic carbocycles. The van der Waals surface area contributed by atoms with Gasteiger partial charge in [0.15, 0.2) is 12.5 Å². The highest BCUT2D eigenvalue weighted by atomic mass is 16.7. The number of hydrogen-bond acceptors (Lipinski definition) is 3. The summed E-state index contributed by atoms with van der Waals surface area (Å²) in [5.74, 6) is 0.559. The molecule has 0 amide bonds. The van der Waals surface area contributed by atoms with Crippen LogP contribution in [0.5, 0.6) is 5.75 Å². The van der Waals surface area contributed by atoms with Gasteiger partial charge in [-0.05, 0) is 17.7 Å². The molecule has 2 aromatic carbocycles. The number of nitrogens with zero attached hydrogens (tertiary/aromatic N) is 1. The zero-order valence-corrected chi connectivity index (χ0v) is 11.0. The Hall–Kier alpha value is -2.64. The van der Waals surface area contributed by atoms with Crippen molar-refractivity contribution < 1.29 is 14.3 Å². The summed E-state index contributed by atoms with van der Waals surface area (Å²) in [6, 6.07) is 12.4. The number of carbonyl (C=O) groups is 1. The Kier molecular flexibility index (Phi) is 4.48. The Morgan fingerprint density at radius 2 is 2.10 bits per heavy atom. The number of hydrogen-bond donors (Lipinski definition) is 0. The van der Waals surface area contributed by atoms with E-state index < -0.39 is 0 Å². The summed E-state index contributed by atoms with van der Waals surface area (Å²) >= 11 is 0. The molecule has 0 saturated carbocycles. The summed E-state index contributed by atoms with van der Waals surface area (Å²) in [5.41, 5.74) is 2.76. The first kappa shape index (κ1) is 13.8. The van der Waals surface area contributed by atoms with E-state index in [0.29, 0.717) is 17.0 Å². The van der Waals surface area contributed by atoms with Crippen molar-refractivity contribution in [3.8, 4) is 16.9 Å². The molecule has 0 aromatic heterocycles. The van der Waals surface area contributed by atoms with Gasteiger partial charge >= 0.3 is 0 Å². The van der Waals surface area contributed by atoms with Crippen LogP contribution in [0.4, 0.5) is 5.69 Å². The third-order valence-corrected chi connectivity index (χ3v) is 2.76. The number of benzene rings is 2. The van der Waals surface area contributed by atoms with E-state index in [1.165, 1.54) is 7.11 Å². The molecule has 4 heteroatoms. The zero-order chi connectivity index (χ0) is 14.4. The van der Waals surface area contributed by atoms with Crippen LogP contribution >= 0.6 is 0 Å². The Bertz CT molecular complexity index is 659. The molecule has 0 atom stereocenters. The van der Waals surface area contributed by atoms with Crippen molar-refractivity contribution in [2.24, 2.45) is 0 Å². The van der Waals surface area contributed by atoms with E-state index in [4.69, 9.17) is 16.0 Å². The monoisotopic (exact) mass is 267 g/mol. The van der Waals surface area contributed by atoms with Gasteiger partial charge in [-0.2, -0.15) is 0 Å². The van der Waals surface area contributed by atoms with Crippen LogP contribution < -0.4 is 4.74 Å². The highest BCUT2D eigenvalue weighted by molar-refractivity contribution is 5.81. The summed E-state index contributed by atoms with van der Waals surface area (Å²) in [6.45, 7) is 7.15. The minimum atomic E-state index is 0.0990. The Morgan fingerprint density at radius 3 is 2.80 bits per heavy atom. The molecule has 0 radical (unpaired) electrons. The molecular formula is C16H13NO3. The summed E-state index contributed by atoms with van der Waals surface area (Å²) in [5, 5.41) is 0. The predicted octanol–water partition coefficient (Wildman–Crippen LogP) is 3.70. The predicted molar refractivity (Wildman–Crippen MR) is 76.0 cm³/mol. The van der Waals surface area contributed by atoms with E-state index in [2.05, 4.69) is 4.85 Å². The van der Waals surface area contributed by atoms with E-state index in [1.54, 1.807) is 24.3 Å². The van der Waals surface area contributed by atoms with Crippen molar-refractivity contribution in [2.45, 2.75) is 0 Å². The van der Waals surface area contributed by atoms with Crippen LogP contribution in [-0.2, 0) is 4.74 Å². The van der Waals surface area contributed by atoms with E-state index in [9.17, 15) is 4.79 Å². The summed E-state index contributed by atoms with van der Waals surface area (Å²) in [6.07, 6.45) is 0.798. The number of methoxy groups -OCH3 is 1. The third-order valence-electron chi connectivity index (χ3n) is 2.76. The maximum absolute atomic E-state index is 10.9. The van der Waals surface area contributed by atoms with E-state index in [0.717, 1.165) is 17.4 Å². The minimum absolute atomic E-state index is 0.0990. The Balaban J connectivity index is 2.48. The van der Waals surface area contributed by atoms with Crippen molar-refractivity contribution in [3.05, 3.63) is 59.4 Å². The van der Waals surface area contributed by atoms with Gasteiger partial charge in [0.05, 0.1) is 6.57 Å². The molecule has 0 saturated heterocycles. The van der Waals surface area contributed by atoms with Gasteiger partial charge in [0, 0.05) is 18.2 Å². The fourth-order valence-corrected chi connectivity index (χ4v) is 1.84. The lowest BCUT2D eigenvalue weighted by Crippen LogP contribution is -2.00. The normalized spacial score (nSPS) is 9.80. The topological polar surface area (TPSA) is 39.9 Å². The minimum Gasteiger partial charge on any atom is -0.468 e. The fraction of sp³-hybridized carbons (Fsp3) is 0.125. The standard InChI is InChI=1S/C16H13NO3/c1-17-14-6-7-15(16(9-14)20-11-19-2)13-5-3-4-12(8-13)10-18/h3-10H,11H2,2H3. The van der Waals surface area contributed by atoms with Crippen molar-refractivity contribution in [3.63, 3.8) is 0 Å². The zero-order valence-electron chi connectivity index (χ0n) is 11.0. The molecule has 0 N–H and O–H groups in total. The molecule has 0 aliphatic heterocycles. The van der Waals surface area contributed by atoms with E-state index >= 15 is 0 Å². The van der Waals surface area contributed by atoms with Gasteiger partial charge < -0.3 is 9.47 Å². The number of aldehydes is 1. The summed E-state index contributed by atoms with van der Waals surface area (Å²) in [4.78, 5) is 14.2. The van der Waals surface area contributed by atoms with E-state index in [1.807, 2.05) is 18.2 Å². The second-order valence-electron chi connectivity index (χ2n) is 4.09. The second kappa shape index (κ2) is 6.50. The van der Waals surface area contributed by atoms with Crippen molar-refractivity contribution in [1.82, 2.24) is 0 Å². The lowest BCUT2D eigenvalue weighted by Gasteiger charge is -2.12. The lowest BCUT2D eigenvalue weighted by molar-refractivity contribution is 0.0516. The van der Waals surface area contributed by atoms with Crippen LogP contribution in [0.15, 0.2) is 42.5 Å². The van der Waals surface area contributed by atoms with Gasteiger partial charge in [-0.15, -0.1) is 0 Å². The number of ether oxygens (including phenoxy) is 2. The maximum atomic E-state index is 10.9. The van der Waals surface area contributed by atoms with Crippen LogP contribution in [0.25, 0.3) is 16.0 Å². The van der Waals surface area contributed by atoms with Crippen LogP contribution in [0.2, 0.25) is 0 Å². The van der Waals surface area contributed by atoms with E-state index in [-0.39, 0.29) is 6.79 Å². The van der Waals surface area contributed by atoms with Crippen LogP contribution in [0.1, 0.15) is 10.4 Å². The first-order chi connectivity index (χ1) is 9.78. The molecule has 0 heterocycles. The Labute approximate surface area is 117 Å². The third kappa shape index (κ3) is 3.02. The van der Waals surface area contributed by atoms with Gasteiger partial charge in [-0.1, -0.05) is 30.3 Å².